The van der Waals surface area contributed by atoms with Gasteiger partial charge in [-0.05, 0) is 30.0 Å². The SMILES string of the molecule is CCSCc1cc(=O)[nH]c(SCC(=O)Nc2ccc(OC)cc2)n1. The third-order valence-corrected chi connectivity index (χ3v) is 4.72. The lowest BCUT2D eigenvalue weighted by Crippen LogP contribution is -2.15. The van der Waals surface area contributed by atoms with E-state index in [0.29, 0.717) is 16.6 Å². The maximum absolute atomic E-state index is 12.0. The van der Waals surface area contributed by atoms with Crippen molar-refractivity contribution in [3.05, 3.63) is 46.4 Å². The maximum atomic E-state index is 12.0. The van der Waals surface area contributed by atoms with Gasteiger partial charge in [-0.25, -0.2) is 4.98 Å². The molecule has 0 saturated carbocycles. The van der Waals surface area contributed by atoms with Crippen LogP contribution in [0.4, 0.5) is 5.69 Å². The first kappa shape index (κ1) is 18.4. The number of hydrogen-bond acceptors (Lipinski definition) is 6. The van der Waals surface area contributed by atoms with E-state index in [1.165, 1.54) is 17.8 Å². The average Bonchev–Trinajstić information content (AvgIpc) is 2.58. The molecule has 0 fully saturated rings. The fraction of sp³-hybridized carbons (Fsp3) is 0.312. The van der Waals surface area contributed by atoms with Crippen LogP contribution in [0.1, 0.15) is 12.6 Å². The van der Waals surface area contributed by atoms with Crippen molar-refractivity contribution in [1.82, 2.24) is 9.97 Å². The summed E-state index contributed by atoms with van der Waals surface area (Å²) in [5.41, 5.74) is 1.22. The van der Waals surface area contributed by atoms with Gasteiger partial charge in [0.05, 0.1) is 18.6 Å². The number of H-pyrrole nitrogens is 1. The number of amides is 1. The highest BCUT2D eigenvalue weighted by molar-refractivity contribution is 7.99. The van der Waals surface area contributed by atoms with Gasteiger partial charge in [-0.3, -0.25) is 9.59 Å². The van der Waals surface area contributed by atoms with Crippen LogP contribution in [0.15, 0.2) is 40.3 Å². The van der Waals surface area contributed by atoms with E-state index in [1.54, 1.807) is 43.1 Å². The molecule has 2 rings (SSSR count). The van der Waals surface area contributed by atoms with Gasteiger partial charge in [-0.2, -0.15) is 11.8 Å². The number of benzene rings is 1. The second kappa shape index (κ2) is 9.39. The molecule has 8 heteroatoms. The summed E-state index contributed by atoms with van der Waals surface area (Å²) in [7, 11) is 1.59. The highest BCUT2D eigenvalue weighted by Gasteiger charge is 2.07. The fourth-order valence-electron chi connectivity index (χ4n) is 1.84. The number of ether oxygens (including phenoxy) is 1. The summed E-state index contributed by atoms with van der Waals surface area (Å²) >= 11 is 2.90. The summed E-state index contributed by atoms with van der Waals surface area (Å²) in [6, 6.07) is 8.58. The summed E-state index contributed by atoms with van der Waals surface area (Å²) in [6.07, 6.45) is 0. The first-order chi connectivity index (χ1) is 11.6. The number of thioether (sulfide) groups is 2. The monoisotopic (exact) mass is 365 g/mol. The van der Waals surface area contributed by atoms with Crippen LogP contribution < -0.4 is 15.6 Å². The molecule has 2 N–H and O–H groups in total. The second-order valence-electron chi connectivity index (χ2n) is 4.74. The predicted octanol–water partition coefficient (Wildman–Crippen LogP) is 2.76. The van der Waals surface area contributed by atoms with Crippen LogP contribution in [0.5, 0.6) is 5.75 Å². The number of carbonyl (C=O) groups is 1. The van der Waals surface area contributed by atoms with E-state index in [2.05, 4.69) is 22.2 Å². The molecule has 1 aromatic heterocycles. The Labute approximate surface area is 148 Å². The van der Waals surface area contributed by atoms with E-state index in [1.807, 2.05) is 0 Å². The second-order valence-corrected chi connectivity index (χ2v) is 6.98. The molecular formula is C16H19N3O3S2. The molecule has 0 spiro atoms. The molecule has 128 valence electrons. The Kier molecular flexibility index (Phi) is 7.20. The lowest BCUT2D eigenvalue weighted by atomic mass is 10.3. The molecule has 0 aliphatic carbocycles. The summed E-state index contributed by atoms with van der Waals surface area (Å²) < 4.78 is 5.07. The van der Waals surface area contributed by atoms with Crippen molar-refractivity contribution in [3.8, 4) is 5.75 Å². The molecule has 1 aromatic carbocycles. The van der Waals surface area contributed by atoms with Crippen molar-refractivity contribution >= 4 is 35.1 Å². The van der Waals surface area contributed by atoms with E-state index in [9.17, 15) is 9.59 Å². The van der Waals surface area contributed by atoms with Gasteiger partial charge >= 0.3 is 0 Å². The molecule has 1 heterocycles. The first-order valence-electron chi connectivity index (χ1n) is 7.35. The van der Waals surface area contributed by atoms with Gasteiger partial charge in [0.1, 0.15) is 5.75 Å². The molecule has 2 aromatic rings. The van der Waals surface area contributed by atoms with Crippen molar-refractivity contribution in [3.63, 3.8) is 0 Å². The predicted molar refractivity (Wildman–Crippen MR) is 99.0 cm³/mol. The number of carbonyl (C=O) groups excluding carboxylic acids is 1. The molecular weight excluding hydrogens is 346 g/mol. The number of nitrogens with one attached hydrogen (secondary N) is 2. The van der Waals surface area contributed by atoms with Crippen LogP contribution in [0.25, 0.3) is 0 Å². The number of aromatic nitrogens is 2. The van der Waals surface area contributed by atoms with E-state index in [4.69, 9.17) is 4.74 Å². The van der Waals surface area contributed by atoms with E-state index in [-0.39, 0.29) is 17.2 Å². The molecule has 0 saturated heterocycles. The van der Waals surface area contributed by atoms with Crippen molar-refractivity contribution in [2.45, 2.75) is 17.8 Å². The maximum Gasteiger partial charge on any atom is 0.251 e. The number of nitrogens with zero attached hydrogens (tertiary/aromatic N) is 1. The first-order valence-corrected chi connectivity index (χ1v) is 9.49. The van der Waals surface area contributed by atoms with Gasteiger partial charge in [0.2, 0.25) is 5.91 Å². The van der Waals surface area contributed by atoms with Gasteiger partial charge in [0.25, 0.3) is 5.56 Å². The highest BCUT2D eigenvalue weighted by Crippen LogP contribution is 2.17. The van der Waals surface area contributed by atoms with Crippen LogP contribution in [0.3, 0.4) is 0 Å². The van der Waals surface area contributed by atoms with Crippen molar-refractivity contribution in [2.75, 3.05) is 23.9 Å². The van der Waals surface area contributed by atoms with Crippen molar-refractivity contribution in [2.24, 2.45) is 0 Å². The summed E-state index contributed by atoms with van der Waals surface area (Å²) in [5, 5.41) is 3.25. The van der Waals surface area contributed by atoms with E-state index in [0.717, 1.165) is 17.2 Å². The molecule has 1 amide bonds. The number of rotatable bonds is 8. The molecule has 24 heavy (non-hydrogen) atoms. The minimum absolute atomic E-state index is 0.166. The standard InChI is InChI=1S/C16H19N3O3S2/c1-3-23-9-12-8-14(20)19-16(18-12)24-10-15(21)17-11-4-6-13(22-2)7-5-11/h4-8H,3,9-10H2,1-2H3,(H,17,21)(H,18,19,20). The lowest BCUT2D eigenvalue weighted by Gasteiger charge is -2.06. The number of anilines is 1. The van der Waals surface area contributed by atoms with Crippen LogP contribution in [0.2, 0.25) is 0 Å². The number of methoxy groups -OCH3 is 1. The summed E-state index contributed by atoms with van der Waals surface area (Å²) in [5.74, 6) is 2.37. The van der Waals surface area contributed by atoms with Crippen LogP contribution in [-0.4, -0.2) is 34.5 Å². The Balaban J connectivity index is 1.90. The smallest absolute Gasteiger partial charge is 0.251 e. The zero-order chi connectivity index (χ0) is 17.4. The molecule has 0 aliphatic heterocycles. The minimum atomic E-state index is -0.199. The topological polar surface area (TPSA) is 84.1 Å². The van der Waals surface area contributed by atoms with Crippen LogP contribution in [-0.2, 0) is 10.5 Å². The van der Waals surface area contributed by atoms with Crippen LogP contribution >= 0.6 is 23.5 Å². The molecule has 0 bridgehead atoms. The molecule has 0 radical (unpaired) electrons. The molecule has 0 aliphatic rings. The fourth-order valence-corrected chi connectivity index (χ4v) is 3.09. The van der Waals surface area contributed by atoms with Crippen molar-refractivity contribution < 1.29 is 9.53 Å². The Morgan fingerprint density at radius 3 is 2.75 bits per heavy atom. The molecule has 6 nitrogen and oxygen atoms in total. The minimum Gasteiger partial charge on any atom is -0.497 e. The third kappa shape index (κ3) is 5.93. The van der Waals surface area contributed by atoms with Gasteiger partial charge in [-0.15, -0.1) is 0 Å². The number of aromatic amines is 1. The van der Waals surface area contributed by atoms with E-state index >= 15 is 0 Å². The zero-order valence-corrected chi connectivity index (χ0v) is 15.1. The van der Waals surface area contributed by atoms with Gasteiger partial charge < -0.3 is 15.0 Å². The normalized spacial score (nSPS) is 10.4. The van der Waals surface area contributed by atoms with Crippen LogP contribution in [0, 0.1) is 0 Å². The zero-order valence-electron chi connectivity index (χ0n) is 13.5. The van der Waals surface area contributed by atoms with Gasteiger partial charge in [0, 0.05) is 17.5 Å². The Morgan fingerprint density at radius 2 is 2.08 bits per heavy atom. The molecule has 0 atom stereocenters. The van der Waals surface area contributed by atoms with Crippen molar-refractivity contribution in [1.29, 1.82) is 0 Å². The number of hydrogen-bond donors (Lipinski definition) is 2. The molecule has 0 unspecified atom stereocenters. The Bertz CT molecular complexity index is 732. The summed E-state index contributed by atoms with van der Waals surface area (Å²) in [4.78, 5) is 30.6. The van der Waals surface area contributed by atoms with Gasteiger partial charge in [-0.1, -0.05) is 18.7 Å². The quantitative estimate of drug-likeness (QED) is 0.553. The third-order valence-electron chi connectivity index (χ3n) is 2.94. The largest absolute Gasteiger partial charge is 0.497 e. The van der Waals surface area contributed by atoms with E-state index < -0.39 is 0 Å². The Morgan fingerprint density at radius 1 is 1.33 bits per heavy atom. The van der Waals surface area contributed by atoms with Gasteiger partial charge in [0.15, 0.2) is 5.16 Å². The Hall–Kier alpha value is -1.93. The average molecular weight is 365 g/mol. The lowest BCUT2D eigenvalue weighted by molar-refractivity contribution is -0.113. The summed E-state index contributed by atoms with van der Waals surface area (Å²) in [6.45, 7) is 2.05. The highest BCUT2D eigenvalue weighted by atomic mass is 32.2.